The first-order chi connectivity index (χ1) is 3.15. The van der Waals surface area contributed by atoms with Gasteiger partial charge in [0.1, 0.15) is 0 Å². The second-order valence-electron chi connectivity index (χ2n) is 0.573. The fourth-order valence-electron chi connectivity index (χ4n) is 0. The van der Waals surface area contributed by atoms with E-state index in [1.165, 1.54) is 0 Å². The summed E-state index contributed by atoms with van der Waals surface area (Å²) in [7, 11) is -0.833. The number of carboxylic acids is 1. The van der Waals surface area contributed by atoms with Gasteiger partial charge in [0.05, 0.1) is 0 Å². The molecule has 0 aromatic carbocycles. The third kappa shape index (κ3) is 1490. The van der Waals surface area contributed by atoms with Crippen molar-refractivity contribution in [2.24, 2.45) is 0 Å². The van der Waals surface area contributed by atoms with Crippen LogP contribution in [0.1, 0.15) is 6.92 Å². The maximum Gasteiger partial charge on any atom is 1.00 e. The van der Waals surface area contributed by atoms with Crippen molar-refractivity contribution >= 4 is 14.7 Å². The van der Waals surface area contributed by atoms with Gasteiger partial charge < -0.3 is 20.3 Å². The van der Waals surface area contributed by atoms with Crippen molar-refractivity contribution in [3.63, 3.8) is 0 Å². The Labute approximate surface area is 76.0 Å². The normalized spacial score (nSPS) is 5.11. The van der Waals surface area contributed by atoms with Crippen LogP contribution < -0.4 is 34.7 Å². The number of carboxylic acid groups (broad SMARTS) is 1. The van der Waals surface area contributed by atoms with Gasteiger partial charge in [-0.2, -0.15) is 0 Å². The Morgan fingerprint density at radius 2 is 1.67 bits per heavy atom. The van der Waals surface area contributed by atoms with Gasteiger partial charge in [-0.25, -0.2) is 4.57 Å². The van der Waals surface area contributed by atoms with Gasteiger partial charge in [-0.1, -0.05) is 0 Å². The molecule has 0 unspecified atom stereocenters. The number of carbonyl (C=O) groups is 1. The summed E-state index contributed by atoms with van der Waals surface area (Å²) in [6.45, 7) is 0.972. The second kappa shape index (κ2) is 23.6. The fraction of sp³-hybridized carbons (Fsp3) is 0.500. The molecule has 0 aliphatic carbocycles. The van der Waals surface area contributed by atoms with E-state index in [0.29, 0.717) is 0 Å². The van der Waals surface area contributed by atoms with E-state index in [1.807, 2.05) is 0 Å². The van der Waals surface area contributed by atoms with Gasteiger partial charge in [0, 0.05) is 5.97 Å². The van der Waals surface area contributed by atoms with Gasteiger partial charge in [-0.05, 0) is 6.92 Å². The van der Waals surface area contributed by atoms with Crippen LogP contribution in [-0.2, 0) is 9.36 Å². The van der Waals surface area contributed by atoms with Gasteiger partial charge in [-0.15, -0.1) is 0 Å². The van der Waals surface area contributed by atoms with Crippen LogP contribution in [0.3, 0.4) is 0 Å². The average molecular weight is 164 g/mol. The molecule has 3 N–H and O–H groups in total. The van der Waals surface area contributed by atoms with Crippen LogP contribution in [-0.4, -0.2) is 16.3 Å². The van der Waals surface area contributed by atoms with E-state index in [0.717, 1.165) is 6.92 Å². The zero-order valence-electron chi connectivity index (χ0n) is 5.12. The molecule has 0 aromatic rings. The van der Waals surface area contributed by atoms with Gasteiger partial charge in [0.2, 0.25) is 0 Å². The molecule has 0 atom stereocenters. The second-order valence-corrected chi connectivity index (χ2v) is 0.737. The Morgan fingerprint density at radius 1 is 1.67 bits per heavy atom. The molecule has 5 nitrogen and oxygen atoms in total. The molecule has 0 amide bonds. The standard InChI is InChI=1S/C2H4O2.Na.HO2P.H2O/c1-2(3)4;;1-3-2;/h1H3,(H,3,4);;(H,1,2);1H2/q;+1;;/p-1. The minimum absolute atomic E-state index is 0. The van der Waals surface area contributed by atoms with Crippen LogP contribution in [0, 0.1) is 0 Å². The topological polar surface area (TPSA) is 109 Å². The van der Waals surface area contributed by atoms with E-state index in [2.05, 4.69) is 0 Å². The Bertz CT molecular complexity index is 62.0. The van der Waals surface area contributed by atoms with Crippen molar-refractivity contribution in [3.05, 3.63) is 0 Å². The molecule has 0 saturated carbocycles. The minimum atomic E-state index is -1.08. The van der Waals surface area contributed by atoms with Crippen LogP contribution in [0.2, 0.25) is 0 Å². The van der Waals surface area contributed by atoms with E-state index >= 15 is 0 Å². The molecule has 7 heteroatoms. The van der Waals surface area contributed by atoms with E-state index in [1.54, 1.807) is 0 Å². The van der Waals surface area contributed by atoms with E-state index < -0.39 is 14.7 Å². The third-order valence-corrected chi connectivity index (χ3v) is 0. The molecular weight excluding hydrogens is 158 g/mol. The van der Waals surface area contributed by atoms with Crippen molar-refractivity contribution in [3.8, 4) is 0 Å². The molecular formula is C2H6NaO5P. The first-order valence-corrected chi connectivity index (χ1v) is 2.06. The summed E-state index contributed by atoms with van der Waals surface area (Å²) in [6.07, 6.45) is 0. The van der Waals surface area contributed by atoms with Gasteiger partial charge in [0.25, 0.3) is 0 Å². The molecule has 0 saturated heterocycles. The van der Waals surface area contributed by atoms with Crippen molar-refractivity contribution in [1.82, 2.24) is 0 Å². The van der Waals surface area contributed by atoms with E-state index in [-0.39, 0.29) is 35.0 Å². The number of hydrogen-bond acceptors (Lipinski definition) is 3. The van der Waals surface area contributed by atoms with Gasteiger partial charge in [-0.3, -0.25) is 0 Å². The summed E-state index contributed by atoms with van der Waals surface area (Å²) in [4.78, 5) is 15.9. The molecule has 0 spiro atoms. The number of hydrogen-bond donors (Lipinski definition) is 1. The summed E-state index contributed by atoms with van der Waals surface area (Å²) in [5, 5.41) is 8.89. The molecule has 0 radical (unpaired) electrons. The van der Waals surface area contributed by atoms with Gasteiger partial charge in [0.15, 0.2) is 0 Å². The van der Waals surface area contributed by atoms with Crippen molar-refractivity contribution in [2.75, 3.05) is 0 Å². The molecule has 0 aliphatic rings. The molecule has 0 fully saturated rings. The summed E-state index contributed by atoms with van der Waals surface area (Å²) < 4.78 is 8.46. The predicted octanol–water partition coefficient (Wildman–Crippen LogP) is -4.88. The van der Waals surface area contributed by atoms with Crippen LogP contribution in [0.5, 0.6) is 0 Å². The van der Waals surface area contributed by atoms with E-state index in [9.17, 15) is 0 Å². The number of aliphatic carboxylic acids is 1. The number of carbonyl (C=O) groups excluding carboxylic acids is 1. The summed E-state index contributed by atoms with van der Waals surface area (Å²) in [6, 6.07) is 0. The van der Waals surface area contributed by atoms with Gasteiger partial charge >= 0.3 is 38.2 Å². The first kappa shape index (κ1) is 22.7. The third-order valence-electron chi connectivity index (χ3n) is 0. The van der Waals surface area contributed by atoms with E-state index in [4.69, 9.17) is 19.4 Å². The smallest absolute Gasteiger partial charge is 0.550 e. The molecule has 0 heterocycles. The van der Waals surface area contributed by atoms with Crippen LogP contribution in [0.15, 0.2) is 0 Å². The minimum Gasteiger partial charge on any atom is -0.550 e. The maximum atomic E-state index is 8.89. The van der Waals surface area contributed by atoms with Crippen LogP contribution in [0.25, 0.3) is 0 Å². The molecule has 0 rings (SSSR count). The van der Waals surface area contributed by atoms with Crippen LogP contribution in [0.4, 0.5) is 0 Å². The zero-order valence-corrected chi connectivity index (χ0v) is 8.01. The van der Waals surface area contributed by atoms with Crippen molar-refractivity contribution in [1.29, 1.82) is 0 Å². The molecule has 0 aromatic heterocycles. The largest absolute Gasteiger partial charge is 1.00 e. The molecule has 0 aliphatic heterocycles. The zero-order chi connectivity index (χ0) is 6.28. The predicted molar refractivity (Wildman–Crippen MR) is 24.1 cm³/mol. The van der Waals surface area contributed by atoms with Crippen molar-refractivity contribution < 1.29 is 54.4 Å². The molecule has 9 heavy (non-hydrogen) atoms. The average Bonchev–Trinajstić information content (AvgIpc) is 1.33. The Balaban J connectivity index is -0.0000000233. The summed E-state index contributed by atoms with van der Waals surface area (Å²) in [5.74, 6) is -1.08. The first-order valence-electron chi connectivity index (χ1n) is 1.29. The SMILES string of the molecule is CC(=O)[O-].O.O=PO.[Na+]. The van der Waals surface area contributed by atoms with Crippen LogP contribution >= 0.6 is 8.69 Å². The maximum absolute atomic E-state index is 8.89. The molecule has 50 valence electrons. The Morgan fingerprint density at radius 3 is 1.67 bits per heavy atom. The summed E-state index contributed by atoms with van der Waals surface area (Å²) >= 11 is 0. The molecule has 0 bridgehead atoms. The fourth-order valence-corrected chi connectivity index (χ4v) is 0. The summed E-state index contributed by atoms with van der Waals surface area (Å²) in [5.41, 5.74) is 0. The number of rotatable bonds is 0. The Kier molecular flexibility index (Phi) is 59.6. The quantitative estimate of drug-likeness (QED) is 0.286. The van der Waals surface area contributed by atoms with Crippen molar-refractivity contribution in [2.45, 2.75) is 6.92 Å². The monoisotopic (exact) mass is 164 g/mol. The Hall–Kier alpha value is 0.490.